The van der Waals surface area contributed by atoms with Crippen molar-refractivity contribution >= 4 is 33.1 Å². The lowest BCUT2D eigenvalue weighted by atomic mass is 9.98. The lowest BCUT2D eigenvalue weighted by molar-refractivity contribution is 0.160. The van der Waals surface area contributed by atoms with Gasteiger partial charge in [0.05, 0.1) is 0 Å². The third-order valence-corrected chi connectivity index (χ3v) is 5.38. The number of rotatable bonds is 6. The van der Waals surface area contributed by atoms with Crippen LogP contribution < -0.4 is 9.74 Å². The molecule has 0 bridgehead atoms. The molecule has 0 amide bonds. The highest BCUT2D eigenvalue weighted by molar-refractivity contribution is 6.70. The second-order valence-electron chi connectivity index (χ2n) is 7.76. The van der Waals surface area contributed by atoms with E-state index in [2.05, 4.69) is 54.1 Å². The topological polar surface area (TPSA) is 24.5 Å². The Labute approximate surface area is 160 Å². The number of hydrogen-bond acceptors (Lipinski definition) is 3. The van der Waals surface area contributed by atoms with Gasteiger partial charge in [-0.3, -0.25) is 4.90 Å². The van der Waals surface area contributed by atoms with Gasteiger partial charge in [-0.2, -0.15) is 0 Å². The van der Waals surface area contributed by atoms with Crippen LogP contribution in [0.1, 0.15) is 30.9 Å². The third kappa shape index (κ3) is 6.56. The second kappa shape index (κ2) is 9.44. The van der Waals surface area contributed by atoms with Crippen LogP contribution in [0, 0.1) is 5.92 Å². The molecule has 1 saturated carbocycles. The Bertz CT molecular complexity index is 483. The van der Waals surface area contributed by atoms with Gasteiger partial charge < -0.3 is 9.74 Å². The van der Waals surface area contributed by atoms with E-state index in [4.69, 9.17) is 4.43 Å². The highest BCUT2D eigenvalue weighted by Gasteiger charge is 2.30. The summed E-state index contributed by atoms with van der Waals surface area (Å²) in [5.74, 6) is 1.99. The Morgan fingerprint density at radius 3 is 2.17 bits per heavy atom. The summed E-state index contributed by atoms with van der Waals surface area (Å²) in [6, 6.07) is 9.54. The van der Waals surface area contributed by atoms with E-state index >= 15 is 0 Å². The largest absolute Gasteiger partial charge is 0.544 e. The minimum Gasteiger partial charge on any atom is -0.544 e. The summed E-state index contributed by atoms with van der Waals surface area (Å²) in [7, 11) is -1.51. The molecule has 3 rings (SSSR count). The maximum Gasteiger partial charge on any atom is 0.242 e. The lowest BCUT2D eigenvalue weighted by Gasteiger charge is -2.35. The average molecular weight is 391 g/mol. The number of halogens is 2. The van der Waals surface area contributed by atoms with Crippen molar-refractivity contribution in [1.82, 2.24) is 10.2 Å². The van der Waals surface area contributed by atoms with E-state index in [-0.39, 0.29) is 24.8 Å². The van der Waals surface area contributed by atoms with Gasteiger partial charge in [0.15, 0.2) is 0 Å². The van der Waals surface area contributed by atoms with Crippen molar-refractivity contribution in [1.29, 1.82) is 0 Å². The highest BCUT2D eigenvalue weighted by atomic mass is 35.5. The van der Waals surface area contributed by atoms with E-state index in [1.54, 1.807) is 0 Å². The molecule has 1 saturated heterocycles. The number of benzene rings is 1. The Balaban J connectivity index is 0.00000144. The van der Waals surface area contributed by atoms with Gasteiger partial charge in [-0.05, 0) is 49.7 Å². The van der Waals surface area contributed by atoms with Crippen molar-refractivity contribution in [3.8, 4) is 5.75 Å². The second-order valence-corrected chi connectivity index (χ2v) is 12.2. The summed E-state index contributed by atoms with van der Waals surface area (Å²) in [5, 5.41) is 3.47. The predicted molar refractivity (Wildman–Crippen MR) is 109 cm³/mol. The number of nitrogens with one attached hydrogen (secondary N) is 1. The molecule has 1 atom stereocenters. The zero-order chi connectivity index (χ0) is 15.6. The molecular formula is C18H32Cl2N2OSi. The highest BCUT2D eigenvalue weighted by Crippen LogP contribution is 2.40. The first kappa shape index (κ1) is 21.8. The van der Waals surface area contributed by atoms with Crippen LogP contribution in [0.15, 0.2) is 24.3 Å². The van der Waals surface area contributed by atoms with Gasteiger partial charge in [-0.15, -0.1) is 24.8 Å². The average Bonchev–Trinajstić information content (AvgIpc) is 3.29. The molecule has 6 heteroatoms. The van der Waals surface area contributed by atoms with Crippen LogP contribution >= 0.6 is 24.8 Å². The molecule has 0 spiro atoms. The van der Waals surface area contributed by atoms with Crippen molar-refractivity contribution < 1.29 is 4.43 Å². The zero-order valence-corrected chi connectivity index (χ0v) is 17.7. The van der Waals surface area contributed by atoms with Crippen molar-refractivity contribution in [2.75, 3.05) is 26.2 Å². The third-order valence-electron chi connectivity index (χ3n) is 4.53. The molecule has 1 aliphatic heterocycles. The van der Waals surface area contributed by atoms with Gasteiger partial charge in [0.1, 0.15) is 5.75 Å². The minimum atomic E-state index is -1.51. The van der Waals surface area contributed by atoms with Crippen molar-refractivity contribution in [2.45, 2.75) is 44.9 Å². The predicted octanol–water partition coefficient (Wildman–Crippen LogP) is 4.49. The molecule has 0 radical (unpaired) electrons. The summed E-state index contributed by atoms with van der Waals surface area (Å²) in [4.78, 5) is 2.67. The van der Waals surface area contributed by atoms with Gasteiger partial charge in [-0.1, -0.05) is 25.0 Å². The Morgan fingerprint density at radius 2 is 1.67 bits per heavy atom. The Hall–Kier alpha value is -0.263. The maximum absolute atomic E-state index is 6.09. The minimum absolute atomic E-state index is 0. The fourth-order valence-electron chi connectivity index (χ4n) is 3.27. The summed E-state index contributed by atoms with van der Waals surface area (Å²) >= 11 is 0. The van der Waals surface area contributed by atoms with Gasteiger partial charge in [-0.25, -0.2) is 0 Å². The molecule has 1 aliphatic carbocycles. The first-order chi connectivity index (χ1) is 10.5. The fourth-order valence-corrected chi connectivity index (χ4v) is 4.11. The van der Waals surface area contributed by atoms with E-state index in [1.165, 1.54) is 37.9 Å². The standard InChI is InChI=1S/C18H30N2OSi.2ClH/c1-22(2,3)21-17-8-6-16(7-9-17)18(14-15-4-5-15)20-12-10-19-11-13-20;;/h6-9,15,18-19H,4-5,10-14H2,1-3H3;2*1H/t18-;;/m0../s1. The maximum atomic E-state index is 6.09. The first-order valence-corrected chi connectivity index (χ1v) is 12.2. The first-order valence-electron chi connectivity index (χ1n) is 8.75. The zero-order valence-electron chi connectivity index (χ0n) is 15.1. The SMILES string of the molecule is C[Si](C)(C)Oc1ccc([C@H](CC2CC2)N2CCNCC2)cc1.Cl.Cl. The van der Waals surface area contributed by atoms with E-state index < -0.39 is 8.32 Å². The molecule has 3 nitrogen and oxygen atoms in total. The van der Waals surface area contributed by atoms with Gasteiger partial charge >= 0.3 is 0 Å². The molecule has 1 aromatic rings. The van der Waals surface area contributed by atoms with Crippen LogP contribution in [0.4, 0.5) is 0 Å². The van der Waals surface area contributed by atoms with E-state index in [0.717, 1.165) is 24.8 Å². The van der Waals surface area contributed by atoms with E-state index in [0.29, 0.717) is 6.04 Å². The smallest absolute Gasteiger partial charge is 0.242 e. The summed E-state index contributed by atoms with van der Waals surface area (Å²) in [5.41, 5.74) is 1.47. The molecule has 1 N–H and O–H groups in total. The van der Waals surface area contributed by atoms with Crippen LogP contribution in [-0.2, 0) is 0 Å². The summed E-state index contributed by atoms with van der Waals surface area (Å²) < 4.78 is 6.09. The lowest BCUT2D eigenvalue weighted by Crippen LogP contribution is -2.45. The number of hydrogen-bond donors (Lipinski definition) is 1. The molecule has 2 fully saturated rings. The van der Waals surface area contributed by atoms with E-state index in [9.17, 15) is 0 Å². The van der Waals surface area contributed by atoms with Crippen molar-refractivity contribution in [3.05, 3.63) is 29.8 Å². The monoisotopic (exact) mass is 390 g/mol. The summed E-state index contributed by atoms with van der Waals surface area (Å²) in [6.45, 7) is 11.3. The fraction of sp³-hybridized carbons (Fsp3) is 0.667. The van der Waals surface area contributed by atoms with Crippen LogP contribution in [0.3, 0.4) is 0 Å². The molecule has 1 aromatic carbocycles. The Kier molecular flexibility index (Phi) is 8.57. The molecule has 24 heavy (non-hydrogen) atoms. The molecule has 0 unspecified atom stereocenters. The molecule has 138 valence electrons. The quantitative estimate of drug-likeness (QED) is 0.723. The normalized spacial score (nSPS) is 19.8. The van der Waals surface area contributed by atoms with Crippen molar-refractivity contribution in [3.63, 3.8) is 0 Å². The van der Waals surface area contributed by atoms with E-state index in [1.807, 2.05) is 0 Å². The molecule has 0 aromatic heterocycles. The van der Waals surface area contributed by atoms with Gasteiger partial charge in [0.25, 0.3) is 0 Å². The van der Waals surface area contributed by atoms with Gasteiger partial charge in [0.2, 0.25) is 8.32 Å². The number of nitrogens with zero attached hydrogens (tertiary/aromatic N) is 1. The van der Waals surface area contributed by atoms with Crippen LogP contribution in [-0.4, -0.2) is 39.4 Å². The Morgan fingerprint density at radius 1 is 1.08 bits per heavy atom. The van der Waals surface area contributed by atoms with Crippen LogP contribution in [0.2, 0.25) is 19.6 Å². The summed E-state index contributed by atoms with van der Waals surface area (Å²) in [6.07, 6.45) is 4.19. The molecular weight excluding hydrogens is 359 g/mol. The molecule has 1 heterocycles. The van der Waals surface area contributed by atoms with Crippen molar-refractivity contribution in [2.24, 2.45) is 5.92 Å². The number of piperazine rings is 1. The van der Waals surface area contributed by atoms with Crippen LogP contribution in [0.25, 0.3) is 0 Å². The molecule has 2 aliphatic rings. The van der Waals surface area contributed by atoms with Crippen LogP contribution in [0.5, 0.6) is 5.75 Å². The van der Waals surface area contributed by atoms with Gasteiger partial charge in [0, 0.05) is 32.2 Å².